The van der Waals surface area contributed by atoms with E-state index < -0.39 is 0 Å². The fraction of sp³-hybridized carbons (Fsp3) is 0.286. The summed E-state index contributed by atoms with van der Waals surface area (Å²) in [7, 11) is 0. The number of hydrogen-bond acceptors (Lipinski definition) is 4. The predicted molar refractivity (Wildman–Crippen MR) is 79.3 cm³/mol. The van der Waals surface area contributed by atoms with Crippen molar-refractivity contribution in [2.45, 2.75) is 26.2 Å². The van der Waals surface area contributed by atoms with Gasteiger partial charge in [-0.05, 0) is 42.8 Å². The van der Waals surface area contributed by atoms with Crippen molar-refractivity contribution in [3.05, 3.63) is 40.2 Å². The Morgan fingerprint density at radius 2 is 2.37 bits per heavy atom. The maximum atomic E-state index is 11.8. The third-order valence-corrected chi connectivity index (χ3v) is 3.70. The third kappa shape index (κ3) is 4.06. The molecule has 2 rings (SSSR count). The molecule has 0 atom stereocenters. The fourth-order valence-corrected chi connectivity index (χ4v) is 2.55. The van der Waals surface area contributed by atoms with Crippen molar-refractivity contribution in [1.29, 1.82) is 0 Å². The number of carbonyl (C=O) groups excluding carboxylic acids is 1. The van der Waals surface area contributed by atoms with Crippen molar-refractivity contribution in [1.82, 2.24) is 4.98 Å². The van der Waals surface area contributed by atoms with Crippen LogP contribution >= 0.6 is 11.3 Å². The lowest BCUT2D eigenvalue weighted by Gasteiger charge is -2.07. The van der Waals surface area contributed by atoms with Gasteiger partial charge in [-0.2, -0.15) is 0 Å². The normalized spacial score (nSPS) is 10.4. The van der Waals surface area contributed by atoms with E-state index in [1.54, 1.807) is 23.6 Å². The largest absolute Gasteiger partial charge is 0.397 e. The molecule has 0 spiro atoms. The molecule has 19 heavy (non-hydrogen) atoms. The van der Waals surface area contributed by atoms with E-state index in [1.165, 1.54) is 4.88 Å². The zero-order valence-corrected chi connectivity index (χ0v) is 11.7. The highest BCUT2D eigenvalue weighted by Gasteiger charge is 2.06. The van der Waals surface area contributed by atoms with Crippen molar-refractivity contribution in [3.8, 4) is 0 Å². The van der Waals surface area contributed by atoms with Crippen molar-refractivity contribution >= 4 is 28.7 Å². The first-order valence-corrected chi connectivity index (χ1v) is 7.07. The summed E-state index contributed by atoms with van der Waals surface area (Å²) in [5, 5.41) is 4.87. The topological polar surface area (TPSA) is 68.0 Å². The number of anilines is 2. The Morgan fingerprint density at radius 1 is 1.53 bits per heavy atom. The van der Waals surface area contributed by atoms with Gasteiger partial charge >= 0.3 is 0 Å². The maximum Gasteiger partial charge on any atom is 0.225 e. The average molecular weight is 275 g/mol. The number of nitrogen functional groups attached to an aromatic ring is 1. The molecule has 0 aliphatic rings. The summed E-state index contributed by atoms with van der Waals surface area (Å²) in [5.74, 6) is 0.590. The third-order valence-electron chi connectivity index (χ3n) is 2.76. The van der Waals surface area contributed by atoms with E-state index in [9.17, 15) is 4.79 Å². The second-order valence-corrected chi connectivity index (χ2v) is 5.45. The van der Waals surface area contributed by atoms with Gasteiger partial charge in [-0.3, -0.25) is 4.79 Å². The van der Waals surface area contributed by atoms with Gasteiger partial charge in [0.2, 0.25) is 5.91 Å². The minimum Gasteiger partial charge on any atom is -0.397 e. The Labute approximate surface area is 116 Å². The van der Waals surface area contributed by atoms with Crippen LogP contribution in [-0.2, 0) is 11.2 Å². The molecule has 5 heteroatoms. The molecule has 1 amide bonds. The van der Waals surface area contributed by atoms with Gasteiger partial charge in [0.25, 0.3) is 0 Å². The molecule has 0 saturated heterocycles. The van der Waals surface area contributed by atoms with Gasteiger partial charge in [0.05, 0.1) is 11.9 Å². The maximum absolute atomic E-state index is 11.8. The number of carbonyl (C=O) groups is 1. The Hall–Kier alpha value is -1.88. The molecule has 100 valence electrons. The first-order valence-electron chi connectivity index (χ1n) is 6.19. The number of thiophene rings is 1. The van der Waals surface area contributed by atoms with Gasteiger partial charge in [0.1, 0.15) is 5.82 Å². The Bertz CT molecular complexity index is 552. The highest BCUT2D eigenvalue weighted by molar-refractivity contribution is 7.09. The van der Waals surface area contributed by atoms with Crippen LogP contribution in [0.1, 0.15) is 23.3 Å². The van der Waals surface area contributed by atoms with Crippen LogP contribution in [0.4, 0.5) is 11.5 Å². The number of nitrogens with zero attached hydrogens (tertiary/aromatic N) is 1. The van der Waals surface area contributed by atoms with E-state index >= 15 is 0 Å². The molecule has 3 N–H and O–H groups in total. The average Bonchev–Trinajstić information content (AvgIpc) is 2.86. The number of nitrogens with two attached hydrogens (primary N) is 1. The van der Waals surface area contributed by atoms with Crippen molar-refractivity contribution in [2.24, 2.45) is 0 Å². The molecule has 0 fully saturated rings. The first kappa shape index (κ1) is 13.5. The lowest BCUT2D eigenvalue weighted by atomic mass is 10.2. The summed E-state index contributed by atoms with van der Waals surface area (Å²) < 4.78 is 0. The zero-order valence-electron chi connectivity index (χ0n) is 10.8. The molecule has 0 aliphatic heterocycles. The van der Waals surface area contributed by atoms with Gasteiger partial charge < -0.3 is 11.1 Å². The zero-order chi connectivity index (χ0) is 13.7. The molecule has 0 radical (unpaired) electrons. The highest BCUT2D eigenvalue weighted by atomic mass is 32.1. The van der Waals surface area contributed by atoms with Crippen LogP contribution in [0.3, 0.4) is 0 Å². The number of rotatable bonds is 5. The molecular formula is C14H17N3OS. The van der Waals surface area contributed by atoms with Crippen LogP contribution in [0.2, 0.25) is 0 Å². The monoisotopic (exact) mass is 275 g/mol. The minimum atomic E-state index is -0.00284. The Kier molecular flexibility index (Phi) is 4.52. The van der Waals surface area contributed by atoms with Crippen LogP contribution in [0.15, 0.2) is 29.8 Å². The molecule has 0 saturated carbocycles. The number of aromatic nitrogens is 1. The molecular weight excluding hydrogens is 258 g/mol. The fourth-order valence-electron chi connectivity index (χ4n) is 1.80. The number of pyridine rings is 1. The van der Waals surface area contributed by atoms with Crippen LogP contribution in [0.5, 0.6) is 0 Å². The second kappa shape index (κ2) is 6.33. The molecule has 2 heterocycles. The van der Waals surface area contributed by atoms with E-state index in [0.29, 0.717) is 17.9 Å². The van der Waals surface area contributed by atoms with Gasteiger partial charge in [-0.15, -0.1) is 11.3 Å². The quantitative estimate of drug-likeness (QED) is 0.881. The van der Waals surface area contributed by atoms with E-state index in [1.807, 2.05) is 13.0 Å². The standard InChI is InChI=1S/C14H17N3OS/c1-10-8-11(15)9-16-14(10)17-13(18)6-2-4-12-5-3-7-19-12/h3,5,7-9H,2,4,6,15H2,1H3,(H,16,17,18). The lowest BCUT2D eigenvalue weighted by molar-refractivity contribution is -0.116. The minimum absolute atomic E-state index is 0.00284. The van der Waals surface area contributed by atoms with Gasteiger partial charge in [-0.1, -0.05) is 6.07 Å². The van der Waals surface area contributed by atoms with Crippen LogP contribution in [-0.4, -0.2) is 10.9 Å². The summed E-state index contributed by atoms with van der Waals surface area (Å²) in [5.41, 5.74) is 7.10. The van der Waals surface area contributed by atoms with Crippen LogP contribution < -0.4 is 11.1 Å². The molecule has 4 nitrogen and oxygen atoms in total. The lowest BCUT2D eigenvalue weighted by Crippen LogP contribution is -2.13. The Morgan fingerprint density at radius 3 is 3.05 bits per heavy atom. The molecule has 2 aromatic heterocycles. The van der Waals surface area contributed by atoms with Crippen molar-refractivity contribution in [3.63, 3.8) is 0 Å². The number of nitrogens with one attached hydrogen (secondary N) is 1. The number of amides is 1. The molecule has 0 unspecified atom stereocenters. The highest BCUT2D eigenvalue weighted by Crippen LogP contribution is 2.15. The van der Waals surface area contributed by atoms with Gasteiger partial charge in [0, 0.05) is 11.3 Å². The van der Waals surface area contributed by atoms with E-state index in [0.717, 1.165) is 18.4 Å². The van der Waals surface area contributed by atoms with E-state index in [2.05, 4.69) is 21.7 Å². The van der Waals surface area contributed by atoms with E-state index in [4.69, 9.17) is 5.73 Å². The van der Waals surface area contributed by atoms with Crippen molar-refractivity contribution < 1.29 is 4.79 Å². The summed E-state index contributed by atoms with van der Waals surface area (Å²) in [4.78, 5) is 17.2. The van der Waals surface area contributed by atoms with E-state index in [-0.39, 0.29) is 5.91 Å². The molecule has 0 aliphatic carbocycles. The Balaban J connectivity index is 1.80. The van der Waals surface area contributed by atoms with Gasteiger partial charge in [0.15, 0.2) is 0 Å². The summed E-state index contributed by atoms with van der Waals surface area (Å²) in [6.07, 6.45) is 3.84. The van der Waals surface area contributed by atoms with Gasteiger partial charge in [-0.25, -0.2) is 4.98 Å². The molecule has 2 aromatic rings. The predicted octanol–water partition coefficient (Wildman–Crippen LogP) is 3.00. The summed E-state index contributed by atoms with van der Waals surface area (Å²) in [6.45, 7) is 1.88. The SMILES string of the molecule is Cc1cc(N)cnc1NC(=O)CCCc1cccs1. The number of hydrogen-bond donors (Lipinski definition) is 2. The molecule has 0 aromatic carbocycles. The second-order valence-electron chi connectivity index (χ2n) is 4.42. The first-order chi connectivity index (χ1) is 9.15. The van der Waals surface area contributed by atoms with Crippen LogP contribution in [0.25, 0.3) is 0 Å². The summed E-state index contributed by atoms with van der Waals surface area (Å²) in [6, 6.07) is 5.92. The van der Waals surface area contributed by atoms with Crippen molar-refractivity contribution in [2.75, 3.05) is 11.1 Å². The smallest absolute Gasteiger partial charge is 0.225 e. The van der Waals surface area contributed by atoms with Crippen LogP contribution in [0, 0.1) is 6.92 Å². The number of aryl methyl sites for hydroxylation is 2. The molecule has 0 bridgehead atoms. The summed E-state index contributed by atoms with van der Waals surface area (Å²) >= 11 is 1.72.